The lowest BCUT2D eigenvalue weighted by atomic mass is 10.1. The Morgan fingerprint density at radius 1 is 1.20 bits per heavy atom. The van der Waals surface area contributed by atoms with Crippen LogP contribution in [0.5, 0.6) is 0 Å². The number of ether oxygens (including phenoxy) is 1. The highest BCUT2D eigenvalue weighted by Crippen LogP contribution is 2.10. The second kappa shape index (κ2) is 8.40. The maximum absolute atomic E-state index is 11.4. The van der Waals surface area contributed by atoms with Crippen molar-refractivity contribution in [1.29, 1.82) is 0 Å². The van der Waals surface area contributed by atoms with Gasteiger partial charge in [0.1, 0.15) is 0 Å². The van der Waals surface area contributed by atoms with Crippen LogP contribution in [0.3, 0.4) is 0 Å². The van der Waals surface area contributed by atoms with E-state index in [0.29, 0.717) is 6.42 Å². The van der Waals surface area contributed by atoms with Crippen molar-refractivity contribution in [3.05, 3.63) is 11.1 Å². The summed E-state index contributed by atoms with van der Waals surface area (Å²) in [5.74, 6) is -0.580. The van der Waals surface area contributed by atoms with Crippen LogP contribution in [0.4, 0.5) is 0 Å². The largest absolute Gasteiger partial charge is 0.462 e. The molecule has 15 heavy (non-hydrogen) atoms. The molecule has 0 heterocycles. The van der Waals surface area contributed by atoms with E-state index in [-0.39, 0.29) is 30.8 Å². The van der Waals surface area contributed by atoms with E-state index in [0.717, 1.165) is 0 Å². The minimum atomic E-state index is -0.580. The standard InChI is InChI=1S/C10H18O5/c1-2-5-15-10(14)9(3-4-11)8(6-12)7-13/h11-13H,2-7H2,1H3. The number of carbonyl (C=O) groups excluding carboxylic acids is 1. The Morgan fingerprint density at radius 2 is 1.80 bits per heavy atom. The Kier molecular flexibility index (Phi) is 7.89. The molecular formula is C10H18O5. The van der Waals surface area contributed by atoms with Crippen molar-refractivity contribution < 1.29 is 24.9 Å². The topological polar surface area (TPSA) is 87.0 Å². The quantitative estimate of drug-likeness (QED) is 0.400. The van der Waals surface area contributed by atoms with Gasteiger partial charge in [-0.1, -0.05) is 6.92 Å². The molecular weight excluding hydrogens is 200 g/mol. The molecule has 0 aromatic carbocycles. The fourth-order valence-electron chi connectivity index (χ4n) is 1.06. The van der Waals surface area contributed by atoms with Crippen LogP contribution >= 0.6 is 0 Å². The minimum absolute atomic E-state index is 0.0823. The van der Waals surface area contributed by atoms with Gasteiger partial charge in [-0.25, -0.2) is 4.79 Å². The Balaban J connectivity index is 4.62. The van der Waals surface area contributed by atoms with Gasteiger partial charge in [-0.15, -0.1) is 0 Å². The van der Waals surface area contributed by atoms with Crippen LogP contribution in [0.15, 0.2) is 11.1 Å². The van der Waals surface area contributed by atoms with Gasteiger partial charge in [0.15, 0.2) is 0 Å². The predicted molar refractivity (Wildman–Crippen MR) is 54.2 cm³/mol. The van der Waals surface area contributed by atoms with Crippen molar-refractivity contribution in [1.82, 2.24) is 0 Å². The summed E-state index contributed by atoms with van der Waals surface area (Å²) in [6, 6.07) is 0. The average Bonchev–Trinajstić information content (AvgIpc) is 2.26. The first-order chi connectivity index (χ1) is 7.21. The molecule has 0 saturated heterocycles. The van der Waals surface area contributed by atoms with Crippen molar-refractivity contribution in [3.8, 4) is 0 Å². The molecule has 0 amide bonds. The first-order valence-electron chi connectivity index (χ1n) is 4.91. The first-order valence-corrected chi connectivity index (χ1v) is 4.91. The van der Waals surface area contributed by atoms with Crippen LogP contribution in [0.2, 0.25) is 0 Å². The van der Waals surface area contributed by atoms with Crippen LogP contribution in [0, 0.1) is 0 Å². The van der Waals surface area contributed by atoms with E-state index in [9.17, 15) is 4.79 Å². The molecule has 0 aromatic heterocycles. The number of esters is 1. The third-order valence-corrected chi connectivity index (χ3v) is 1.85. The van der Waals surface area contributed by atoms with Crippen molar-refractivity contribution >= 4 is 5.97 Å². The summed E-state index contributed by atoms with van der Waals surface area (Å²) in [4.78, 5) is 11.4. The van der Waals surface area contributed by atoms with E-state index in [2.05, 4.69) is 0 Å². The van der Waals surface area contributed by atoms with Gasteiger partial charge in [-0.2, -0.15) is 0 Å². The van der Waals surface area contributed by atoms with E-state index in [4.69, 9.17) is 20.1 Å². The van der Waals surface area contributed by atoms with E-state index in [1.165, 1.54) is 0 Å². The third kappa shape index (κ3) is 4.92. The van der Waals surface area contributed by atoms with Crippen LogP contribution in [0.25, 0.3) is 0 Å². The maximum Gasteiger partial charge on any atom is 0.334 e. The molecule has 0 atom stereocenters. The summed E-state index contributed by atoms with van der Waals surface area (Å²) in [6.45, 7) is 1.11. The number of hydrogen-bond donors (Lipinski definition) is 3. The van der Waals surface area contributed by atoms with Gasteiger partial charge < -0.3 is 20.1 Å². The lowest BCUT2D eigenvalue weighted by molar-refractivity contribution is -0.139. The fraction of sp³-hybridized carbons (Fsp3) is 0.700. The number of hydrogen-bond acceptors (Lipinski definition) is 5. The van der Waals surface area contributed by atoms with Gasteiger partial charge >= 0.3 is 5.97 Å². The van der Waals surface area contributed by atoms with E-state index < -0.39 is 19.2 Å². The first kappa shape index (κ1) is 14.1. The second-order valence-corrected chi connectivity index (χ2v) is 3.01. The Hall–Kier alpha value is -0.910. The summed E-state index contributed by atoms with van der Waals surface area (Å²) in [5.41, 5.74) is 0.362. The molecule has 0 unspecified atom stereocenters. The smallest absolute Gasteiger partial charge is 0.334 e. The van der Waals surface area contributed by atoms with Gasteiger partial charge in [0.25, 0.3) is 0 Å². The van der Waals surface area contributed by atoms with Gasteiger partial charge in [0, 0.05) is 18.6 Å². The molecule has 0 fully saturated rings. The number of aliphatic hydroxyl groups excluding tert-OH is 3. The Labute approximate surface area is 89.0 Å². The van der Waals surface area contributed by atoms with Crippen molar-refractivity contribution in [3.63, 3.8) is 0 Å². The van der Waals surface area contributed by atoms with E-state index in [1.807, 2.05) is 6.92 Å². The Bertz CT molecular complexity index is 216. The molecule has 0 aliphatic heterocycles. The van der Waals surface area contributed by atoms with Gasteiger partial charge in [-0.3, -0.25) is 0 Å². The van der Waals surface area contributed by atoms with Gasteiger partial charge in [-0.05, 0) is 12.0 Å². The summed E-state index contributed by atoms with van der Waals surface area (Å²) in [6.07, 6.45) is 0.782. The molecule has 88 valence electrons. The van der Waals surface area contributed by atoms with Crippen LogP contribution < -0.4 is 0 Å². The average molecular weight is 218 g/mol. The molecule has 5 nitrogen and oxygen atoms in total. The predicted octanol–water partition coefficient (Wildman–Crippen LogP) is -0.397. The summed E-state index contributed by atoms with van der Waals surface area (Å²) in [5, 5.41) is 26.5. The molecule has 3 N–H and O–H groups in total. The second-order valence-electron chi connectivity index (χ2n) is 3.01. The SMILES string of the molecule is CCCOC(=O)C(CCO)=C(CO)CO. The lowest BCUT2D eigenvalue weighted by Crippen LogP contribution is -2.15. The molecule has 0 bridgehead atoms. The zero-order valence-electron chi connectivity index (χ0n) is 8.90. The van der Waals surface area contributed by atoms with Crippen molar-refractivity contribution in [2.45, 2.75) is 19.8 Å². The van der Waals surface area contributed by atoms with E-state index in [1.54, 1.807) is 0 Å². The maximum atomic E-state index is 11.4. The highest BCUT2D eigenvalue weighted by Gasteiger charge is 2.15. The zero-order chi connectivity index (χ0) is 11.7. The molecule has 0 spiro atoms. The number of carbonyl (C=O) groups is 1. The number of aliphatic hydroxyl groups is 3. The molecule has 0 aliphatic carbocycles. The lowest BCUT2D eigenvalue weighted by Gasteiger charge is -2.10. The molecule has 0 aromatic rings. The number of rotatable bonds is 7. The van der Waals surface area contributed by atoms with Gasteiger partial charge in [0.05, 0.1) is 19.8 Å². The Morgan fingerprint density at radius 3 is 2.20 bits per heavy atom. The van der Waals surface area contributed by atoms with Crippen molar-refractivity contribution in [2.24, 2.45) is 0 Å². The molecule has 0 saturated carbocycles. The minimum Gasteiger partial charge on any atom is -0.462 e. The van der Waals surface area contributed by atoms with Crippen molar-refractivity contribution in [2.75, 3.05) is 26.4 Å². The fourth-order valence-corrected chi connectivity index (χ4v) is 1.06. The molecule has 0 rings (SSSR count). The molecule has 5 heteroatoms. The van der Waals surface area contributed by atoms with Crippen LogP contribution in [-0.2, 0) is 9.53 Å². The van der Waals surface area contributed by atoms with Crippen LogP contribution in [0.1, 0.15) is 19.8 Å². The van der Waals surface area contributed by atoms with Gasteiger partial charge in [0.2, 0.25) is 0 Å². The zero-order valence-corrected chi connectivity index (χ0v) is 8.90. The highest BCUT2D eigenvalue weighted by molar-refractivity contribution is 5.89. The normalized spacial score (nSPS) is 9.87. The molecule has 0 radical (unpaired) electrons. The van der Waals surface area contributed by atoms with E-state index >= 15 is 0 Å². The highest BCUT2D eigenvalue weighted by atomic mass is 16.5. The monoisotopic (exact) mass is 218 g/mol. The third-order valence-electron chi connectivity index (χ3n) is 1.85. The molecule has 0 aliphatic rings. The van der Waals surface area contributed by atoms with Crippen LogP contribution in [-0.4, -0.2) is 47.7 Å². The summed E-state index contributed by atoms with van der Waals surface area (Å²) < 4.78 is 4.86. The summed E-state index contributed by atoms with van der Waals surface area (Å²) in [7, 11) is 0. The summed E-state index contributed by atoms with van der Waals surface area (Å²) >= 11 is 0.